The van der Waals surface area contributed by atoms with Crippen molar-refractivity contribution in [1.82, 2.24) is 9.96 Å². The molecule has 230 valence electrons. The van der Waals surface area contributed by atoms with Gasteiger partial charge >= 0.3 is 6.16 Å². The van der Waals surface area contributed by atoms with Crippen molar-refractivity contribution in [3.05, 3.63) is 89.7 Å². The van der Waals surface area contributed by atoms with Crippen LogP contribution in [-0.2, 0) is 16.1 Å². The van der Waals surface area contributed by atoms with E-state index < -0.39 is 12.2 Å². The SMILES string of the molecule is COc1ccc(N2CCN(CCCCc3ccc(OC)c(C(c4cc5ccccc5o4)N4OC(=O)ON=C4N)c3)CC2)cc1. The molecule has 2 aliphatic rings. The van der Waals surface area contributed by atoms with Crippen LogP contribution in [0.3, 0.4) is 0 Å². The Bertz CT molecular complexity index is 1580. The molecule has 0 radical (unpaired) electrons. The Balaban J connectivity index is 1.12. The number of ether oxygens (including phenoxy) is 2. The van der Waals surface area contributed by atoms with Gasteiger partial charge < -0.3 is 29.4 Å². The lowest BCUT2D eigenvalue weighted by atomic mass is 9.97. The molecule has 2 N–H and O–H groups in total. The van der Waals surface area contributed by atoms with Crippen LogP contribution < -0.4 is 20.1 Å². The number of oxime groups is 1. The lowest BCUT2D eigenvalue weighted by molar-refractivity contribution is -0.116. The topological polar surface area (TPSA) is 115 Å². The lowest BCUT2D eigenvalue weighted by Gasteiger charge is -2.36. The summed E-state index contributed by atoms with van der Waals surface area (Å²) in [6.45, 7) is 5.15. The summed E-state index contributed by atoms with van der Waals surface area (Å²) >= 11 is 0. The molecule has 1 fully saturated rings. The van der Waals surface area contributed by atoms with Gasteiger partial charge in [-0.05, 0) is 85.1 Å². The van der Waals surface area contributed by atoms with E-state index in [1.165, 1.54) is 10.8 Å². The fourth-order valence-electron chi connectivity index (χ4n) is 5.83. The highest BCUT2D eigenvalue weighted by Gasteiger charge is 2.36. The van der Waals surface area contributed by atoms with Crippen LogP contribution in [-0.4, -0.2) is 69.0 Å². The maximum absolute atomic E-state index is 12.1. The predicted molar refractivity (Wildman–Crippen MR) is 167 cm³/mol. The average Bonchev–Trinajstić information content (AvgIpc) is 3.49. The average molecular weight is 600 g/mol. The lowest BCUT2D eigenvalue weighted by Crippen LogP contribution is -2.46. The zero-order chi connectivity index (χ0) is 30.5. The summed E-state index contributed by atoms with van der Waals surface area (Å²) in [7, 11) is 3.29. The molecule has 1 aromatic heterocycles. The number of hydrogen-bond acceptors (Lipinski definition) is 11. The molecule has 0 saturated carbocycles. The van der Waals surface area contributed by atoms with Gasteiger partial charge in [-0.1, -0.05) is 24.3 Å². The molecule has 0 aliphatic carbocycles. The second-order valence-electron chi connectivity index (χ2n) is 10.9. The van der Waals surface area contributed by atoms with Crippen LogP contribution in [0.5, 0.6) is 11.5 Å². The van der Waals surface area contributed by atoms with Gasteiger partial charge in [0.05, 0.1) is 14.2 Å². The van der Waals surface area contributed by atoms with Crippen molar-refractivity contribution in [2.75, 3.05) is 51.8 Å². The molecule has 1 atom stereocenters. The first-order valence-electron chi connectivity index (χ1n) is 14.8. The molecule has 0 amide bonds. The van der Waals surface area contributed by atoms with Gasteiger partial charge in [0.15, 0.2) is 6.04 Å². The Morgan fingerprint density at radius 1 is 0.932 bits per heavy atom. The number of fused-ring (bicyclic) bond motifs is 1. The first-order valence-corrected chi connectivity index (χ1v) is 14.8. The zero-order valence-electron chi connectivity index (χ0n) is 25.0. The quantitative estimate of drug-likeness (QED) is 0.180. The van der Waals surface area contributed by atoms with Crippen molar-refractivity contribution in [3.63, 3.8) is 0 Å². The van der Waals surface area contributed by atoms with Crippen molar-refractivity contribution in [3.8, 4) is 11.5 Å². The van der Waals surface area contributed by atoms with Crippen LogP contribution in [0.2, 0.25) is 0 Å². The highest BCUT2D eigenvalue weighted by atomic mass is 16.9. The fourth-order valence-corrected chi connectivity index (χ4v) is 5.83. The number of nitrogens with two attached hydrogens (primary N) is 1. The van der Waals surface area contributed by atoms with Gasteiger partial charge in [0.1, 0.15) is 22.8 Å². The van der Waals surface area contributed by atoms with Crippen molar-refractivity contribution in [2.24, 2.45) is 10.9 Å². The number of nitrogens with zero attached hydrogens (tertiary/aromatic N) is 4. The van der Waals surface area contributed by atoms with Gasteiger partial charge in [-0.25, -0.2) is 0 Å². The molecule has 6 rings (SSSR count). The first kappa shape index (κ1) is 29.2. The van der Waals surface area contributed by atoms with E-state index in [0.29, 0.717) is 17.1 Å². The first-order chi connectivity index (χ1) is 21.5. The van der Waals surface area contributed by atoms with Gasteiger partial charge in [0.25, 0.3) is 5.96 Å². The van der Waals surface area contributed by atoms with E-state index in [1.807, 2.05) is 48.5 Å². The van der Waals surface area contributed by atoms with E-state index in [1.54, 1.807) is 14.2 Å². The molecule has 0 bridgehead atoms. The minimum absolute atomic E-state index is 0.116. The number of rotatable bonds is 11. The number of unbranched alkanes of at least 4 members (excludes halogenated alkanes) is 1. The smallest absolute Gasteiger partial charge is 0.497 e. The highest BCUT2D eigenvalue weighted by molar-refractivity contribution is 5.82. The largest absolute Gasteiger partial charge is 0.560 e. The summed E-state index contributed by atoms with van der Waals surface area (Å²) in [6.07, 6.45) is 2.00. The number of hydrogen-bond donors (Lipinski definition) is 1. The minimum atomic E-state index is -0.986. The molecule has 1 saturated heterocycles. The molecule has 2 aliphatic heterocycles. The van der Waals surface area contributed by atoms with Crippen molar-refractivity contribution >= 4 is 28.8 Å². The summed E-state index contributed by atoms with van der Waals surface area (Å²) in [5.41, 5.74) is 9.93. The second-order valence-corrected chi connectivity index (χ2v) is 10.9. The summed E-state index contributed by atoms with van der Waals surface area (Å²) < 4.78 is 17.3. The third-order valence-corrected chi connectivity index (χ3v) is 8.15. The zero-order valence-corrected chi connectivity index (χ0v) is 25.0. The van der Waals surface area contributed by atoms with E-state index >= 15 is 0 Å². The van der Waals surface area contributed by atoms with Crippen LogP contribution in [0.25, 0.3) is 11.0 Å². The molecule has 44 heavy (non-hydrogen) atoms. The Morgan fingerprint density at radius 2 is 1.73 bits per heavy atom. The van der Waals surface area contributed by atoms with Crippen molar-refractivity contribution in [2.45, 2.75) is 25.3 Å². The van der Waals surface area contributed by atoms with Crippen molar-refractivity contribution < 1.29 is 28.4 Å². The van der Waals surface area contributed by atoms with Gasteiger partial charge in [-0.3, -0.25) is 9.74 Å². The Labute approximate surface area is 256 Å². The minimum Gasteiger partial charge on any atom is -0.497 e. The molecule has 3 heterocycles. The Kier molecular flexibility index (Phi) is 8.74. The third kappa shape index (κ3) is 6.37. The van der Waals surface area contributed by atoms with Gasteiger partial charge in [0.2, 0.25) is 0 Å². The van der Waals surface area contributed by atoms with E-state index in [0.717, 1.165) is 74.2 Å². The molecular weight excluding hydrogens is 562 g/mol. The van der Waals surface area contributed by atoms with Crippen LogP contribution in [0.1, 0.15) is 35.8 Å². The predicted octanol–water partition coefficient (Wildman–Crippen LogP) is 5.30. The van der Waals surface area contributed by atoms with E-state index in [4.69, 9.17) is 24.5 Å². The van der Waals surface area contributed by atoms with E-state index in [9.17, 15) is 4.79 Å². The summed E-state index contributed by atoms with van der Waals surface area (Å²) in [6, 6.07) is 23.1. The second kappa shape index (κ2) is 13.2. The van der Waals surface area contributed by atoms with Crippen LogP contribution >= 0.6 is 0 Å². The Hall–Kier alpha value is -4.90. The molecular formula is C33H37N5O6. The number of piperazine rings is 1. The molecule has 1 unspecified atom stereocenters. The van der Waals surface area contributed by atoms with Crippen molar-refractivity contribution in [1.29, 1.82) is 0 Å². The van der Waals surface area contributed by atoms with E-state index in [-0.39, 0.29) is 5.96 Å². The number of benzene rings is 3. The number of guanidine groups is 1. The summed E-state index contributed by atoms with van der Waals surface area (Å²) in [4.78, 5) is 27.1. The number of methoxy groups -OCH3 is 2. The summed E-state index contributed by atoms with van der Waals surface area (Å²) in [5, 5.41) is 5.79. The van der Waals surface area contributed by atoms with Gasteiger partial charge in [-0.15, -0.1) is 0 Å². The van der Waals surface area contributed by atoms with Gasteiger partial charge in [-0.2, -0.15) is 9.86 Å². The third-order valence-electron chi connectivity index (χ3n) is 8.15. The fraction of sp³-hybridized carbons (Fsp3) is 0.333. The molecule has 11 heteroatoms. The highest BCUT2D eigenvalue weighted by Crippen LogP contribution is 2.39. The maximum atomic E-state index is 12.1. The normalized spacial score (nSPS) is 16.3. The number of carbonyl (C=O) groups excluding carboxylic acids is 1. The monoisotopic (exact) mass is 599 g/mol. The van der Waals surface area contributed by atoms with E-state index in [2.05, 4.69) is 44.1 Å². The number of para-hydroxylation sites is 1. The standard InChI is InChI=1S/C33H37N5O6/c1-40-26-13-11-25(12-14-26)37-19-17-36(18-20-37)16-6-5-7-23-10-15-29(41-2)27(21-23)31(38-32(34)35-43-33(39)44-38)30-22-24-8-3-4-9-28(24)42-30/h3-4,8-15,21-22,31H,5-7,16-20H2,1-2H3,(H2,34,35). The molecule has 3 aromatic carbocycles. The number of anilines is 1. The van der Waals surface area contributed by atoms with Crippen LogP contribution in [0, 0.1) is 0 Å². The maximum Gasteiger partial charge on any atom is 0.560 e. The number of carbonyl (C=O) groups is 1. The number of furan rings is 1. The molecule has 11 nitrogen and oxygen atoms in total. The number of aryl methyl sites for hydroxylation is 1. The van der Waals surface area contributed by atoms with Gasteiger partial charge in [0, 0.05) is 42.8 Å². The van der Waals surface area contributed by atoms with Crippen LogP contribution in [0.4, 0.5) is 10.5 Å². The number of hydroxylamine groups is 2. The molecule has 0 spiro atoms. The summed E-state index contributed by atoms with van der Waals surface area (Å²) in [5.74, 6) is 1.88. The van der Waals surface area contributed by atoms with Crippen LogP contribution in [0.15, 0.2) is 82.4 Å². The Morgan fingerprint density at radius 3 is 2.48 bits per heavy atom. The molecule has 4 aromatic rings.